The molecule has 1 aliphatic rings. The van der Waals surface area contributed by atoms with E-state index in [0.29, 0.717) is 28.5 Å². The number of aryl methyl sites for hydroxylation is 2. The molecule has 0 spiro atoms. The maximum absolute atomic E-state index is 13.4. The predicted octanol–water partition coefficient (Wildman–Crippen LogP) is 3.91. The summed E-state index contributed by atoms with van der Waals surface area (Å²) in [7, 11) is 0. The number of hydrogen-bond acceptors (Lipinski definition) is 4. The van der Waals surface area contributed by atoms with Crippen molar-refractivity contribution in [3.8, 4) is 0 Å². The van der Waals surface area contributed by atoms with Crippen LogP contribution in [-0.4, -0.2) is 16.8 Å². The number of urea groups is 1. The molecule has 2 heterocycles. The summed E-state index contributed by atoms with van der Waals surface area (Å²) >= 11 is 0. The molecule has 1 aliphatic heterocycles. The van der Waals surface area contributed by atoms with Crippen molar-refractivity contribution in [2.75, 3.05) is 0 Å². The van der Waals surface area contributed by atoms with E-state index in [1.807, 2.05) is 19.9 Å². The van der Waals surface area contributed by atoms with Crippen LogP contribution in [0.4, 0.5) is 9.18 Å². The highest BCUT2D eigenvalue weighted by Crippen LogP contribution is 2.34. The van der Waals surface area contributed by atoms with Crippen LogP contribution in [0.15, 0.2) is 51.7 Å². The fourth-order valence-electron chi connectivity index (χ4n) is 3.93. The average molecular weight is 408 g/mol. The van der Waals surface area contributed by atoms with Crippen molar-refractivity contribution in [3.05, 3.63) is 81.0 Å². The number of imide groups is 1. The molecule has 4 rings (SSSR count). The molecule has 7 heteroatoms. The van der Waals surface area contributed by atoms with Crippen molar-refractivity contribution in [1.29, 1.82) is 0 Å². The molecule has 1 saturated heterocycles. The third kappa shape index (κ3) is 3.07. The Morgan fingerprint density at radius 3 is 2.37 bits per heavy atom. The Morgan fingerprint density at radius 2 is 1.70 bits per heavy atom. The number of amides is 3. The van der Waals surface area contributed by atoms with Gasteiger partial charge in [0.2, 0.25) is 0 Å². The lowest BCUT2D eigenvalue weighted by molar-refractivity contribution is -0.132. The van der Waals surface area contributed by atoms with Gasteiger partial charge in [0.15, 0.2) is 0 Å². The summed E-state index contributed by atoms with van der Waals surface area (Å²) in [5.74, 6) is -0.862. The minimum Gasteiger partial charge on any atom is -0.423 e. The van der Waals surface area contributed by atoms with E-state index in [0.717, 1.165) is 16.0 Å². The minimum atomic E-state index is -1.27. The molecule has 1 fully saturated rings. The molecular formula is C23H21FN2O4. The Bertz CT molecular complexity index is 1230. The highest BCUT2D eigenvalue weighted by molar-refractivity contribution is 6.07. The first-order chi connectivity index (χ1) is 14.2. The lowest BCUT2D eigenvalue weighted by Gasteiger charge is -2.26. The SMILES string of the molecule is CCC1(c2ccc(F)cc2)NC(=O)N(Cc2cc(=O)oc3cc(C)c(C)cc23)C1=O. The highest BCUT2D eigenvalue weighted by Gasteiger charge is 2.51. The molecule has 154 valence electrons. The van der Waals surface area contributed by atoms with Crippen LogP contribution in [0.25, 0.3) is 11.0 Å². The van der Waals surface area contributed by atoms with Gasteiger partial charge in [-0.1, -0.05) is 19.1 Å². The van der Waals surface area contributed by atoms with E-state index in [4.69, 9.17) is 4.42 Å². The molecule has 1 unspecified atom stereocenters. The zero-order valence-electron chi connectivity index (χ0n) is 16.9. The Morgan fingerprint density at radius 1 is 1.03 bits per heavy atom. The van der Waals surface area contributed by atoms with Gasteiger partial charge in [-0.25, -0.2) is 14.0 Å². The Hall–Kier alpha value is -3.48. The predicted molar refractivity (Wildman–Crippen MR) is 109 cm³/mol. The molecule has 0 saturated carbocycles. The first kappa shape index (κ1) is 19.8. The van der Waals surface area contributed by atoms with Gasteiger partial charge in [0.1, 0.15) is 16.9 Å². The molecule has 30 heavy (non-hydrogen) atoms. The van der Waals surface area contributed by atoms with Gasteiger partial charge in [0, 0.05) is 11.5 Å². The number of halogens is 1. The van der Waals surface area contributed by atoms with E-state index in [2.05, 4.69) is 5.32 Å². The molecule has 2 aromatic carbocycles. The van der Waals surface area contributed by atoms with Crippen molar-refractivity contribution in [1.82, 2.24) is 10.2 Å². The lowest BCUT2D eigenvalue weighted by Crippen LogP contribution is -2.43. The van der Waals surface area contributed by atoms with Crippen LogP contribution in [0.5, 0.6) is 0 Å². The van der Waals surface area contributed by atoms with E-state index in [-0.39, 0.29) is 6.54 Å². The largest absolute Gasteiger partial charge is 0.423 e. The Kier molecular flexibility index (Phi) is 4.68. The molecule has 1 aromatic heterocycles. The molecule has 0 bridgehead atoms. The van der Waals surface area contributed by atoms with Crippen molar-refractivity contribution in [2.24, 2.45) is 0 Å². The summed E-state index contributed by atoms with van der Waals surface area (Å²) in [4.78, 5) is 39.3. The molecule has 3 aromatic rings. The summed E-state index contributed by atoms with van der Waals surface area (Å²) in [6.45, 7) is 5.56. The van der Waals surface area contributed by atoms with Crippen LogP contribution in [0, 0.1) is 19.7 Å². The van der Waals surface area contributed by atoms with Gasteiger partial charge in [0.05, 0.1) is 6.54 Å². The molecule has 3 amide bonds. The Balaban J connectivity index is 1.76. The topological polar surface area (TPSA) is 79.6 Å². The number of benzene rings is 2. The van der Waals surface area contributed by atoms with E-state index in [1.165, 1.54) is 30.3 Å². The molecule has 0 aliphatic carbocycles. The maximum atomic E-state index is 13.4. The number of nitrogens with one attached hydrogen (secondary N) is 1. The van der Waals surface area contributed by atoms with Crippen molar-refractivity contribution in [3.63, 3.8) is 0 Å². The summed E-state index contributed by atoms with van der Waals surface area (Å²) < 4.78 is 18.7. The van der Waals surface area contributed by atoms with Gasteiger partial charge in [0.25, 0.3) is 5.91 Å². The number of fused-ring (bicyclic) bond motifs is 1. The summed E-state index contributed by atoms with van der Waals surface area (Å²) in [6.07, 6.45) is 0.301. The molecule has 0 radical (unpaired) electrons. The number of hydrogen-bond donors (Lipinski definition) is 1. The van der Waals surface area contributed by atoms with Crippen LogP contribution >= 0.6 is 0 Å². The van der Waals surface area contributed by atoms with Gasteiger partial charge >= 0.3 is 11.7 Å². The minimum absolute atomic E-state index is 0.0712. The standard InChI is InChI=1S/C23H21FN2O4/c1-4-23(16-5-7-17(24)8-6-16)21(28)26(22(29)25-23)12-15-11-20(27)30-19-10-14(3)13(2)9-18(15)19/h5-11H,4,12H2,1-3H3,(H,25,29). The van der Waals surface area contributed by atoms with E-state index < -0.39 is 28.9 Å². The third-order valence-electron chi connectivity index (χ3n) is 5.82. The van der Waals surface area contributed by atoms with Gasteiger partial charge < -0.3 is 9.73 Å². The van der Waals surface area contributed by atoms with Gasteiger partial charge in [-0.05, 0) is 66.8 Å². The fraction of sp³-hybridized carbons (Fsp3) is 0.261. The molecule has 1 N–H and O–H groups in total. The van der Waals surface area contributed by atoms with E-state index >= 15 is 0 Å². The zero-order valence-corrected chi connectivity index (χ0v) is 16.9. The van der Waals surface area contributed by atoms with Gasteiger partial charge in [-0.2, -0.15) is 0 Å². The zero-order chi connectivity index (χ0) is 21.6. The molecular weight excluding hydrogens is 387 g/mol. The van der Waals surface area contributed by atoms with E-state index in [9.17, 15) is 18.8 Å². The number of carbonyl (C=O) groups excluding carboxylic acids is 2. The summed E-state index contributed by atoms with van der Waals surface area (Å²) in [5, 5.41) is 3.44. The highest BCUT2D eigenvalue weighted by atomic mass is 19.1. The summed E-state index contributed by atoms with van der Waals surface area (Å²) in [6, 6.07) is 9.92. The second-order valence-electron chi connectivity index (χ2n) is 7.61. The first-order valence-corrected chi connectivity index (χ1v) is 9.69. The smallest absolute Gasteiger partial charge is 0.336 e. The van der Waals surface area contributed by atoms with Crippen LogP contribution in [0.1, 0.15) is 35.6 Å². The van der Waals surface area contributed by atoms with Crippen LogP contribution < -0.4 is 10.9 Å². The quantitative estimate of drug-likeness (QED) is 0.524. The van der Waals surface area contributed by atoms with Crippen LogP contribution in [-0.2, 0) is 16.9 Å². The second kappa shape index (κ2) is 7.09. The maximum Gasteiger partial charge on any atom is 0.336 e. The molecule has 6 nitrogen and oxygen atoms in total. The van der Waals surface area contributed by atoms with E-state index in [1.54, 1.807) is 13.0 Å². The average Bonchev–Trinajstić information content (AvgIpc) is 2.95. The monoisotopic (exact) mass is 408 g/mol. The fourth-order valence-corrected chi connectivity index (χ4v) is 3.93. The second-order valence-corrected chi connectivity index (χ2v) is 7.61. The first-order valence-electron chi connectivity index (χ1n) is 9.69. The molecule has 1 atom stereocenters. The van der Waals surface area contributed by atoms with Gasteiger partial charge in [-0.15, -0.1) is 0 Å². The van der Waals surface area contributed by atoms with Crippen LogP contribution in [0.3, 0.4) is 0 Å². The number of nitrogens with zero attached hydrogens (tertiary/aromatic N) is 1. The van der Waals surface area contributed by atoms with Gasteiger partial charge in [-0.3, -0.25) is 9.69 Å². The normalized spacial score (nSPS) is 18.9. The van der Waals surface area contributed by atoms with Crippen LogP contribution in [0.2, 0.25) is 0 Å². The Labute approximate surface area is 172 Å². The van der Waals surface area contributed by atoms with Crippen molar-refractivity contribution >= 4 is 22.9 Å². The summed E-state index contributed by atoms with van der Waals surface area (Å²) in [5.41, 5.74) is 1.60. The lowest BCUT2D eigenvalue weighted by atomic mass is 9.87. The third-order valence-corrected chi connectivity index (χ3v) is 5.82. The number of rotatable bonds is 4. The van der Waals surface area contributed by atoms with Crippen molar-refractivity contribution in [2.45, 2.75) is 39.3 Å². The number of carbonyl (C=O) groups is 2. The van der Waals surface area contributed by atoms with Crippen molar-refractivity contribution < 1.29 is 18.4 Å².